The van der Waals surface area contributed by atoms with E-state index in [1.54, 1.807) is 0 Å². The molecule has 8 heteroatoms. The molecule has 7 nitrogen and oxygen atoms in total. The van der Waals surface area contributed by atoms with Gasteiger partial charge in [0.15, 0.2) is 0 Å². The van der Waals surface area contributed by atoms with Crippen LogP contribution >= 0.6 is 0 Å². The second-order valence-electron chi connectivity index (χ2n) is 3.35. The van der Waals surface area contributed by atoms with Gasteiger partial charge in [0, 0.05) is 18.2 Å². The van der Waals surface area contributed by atoms with Crippen molar-refractivity contribution in [3.63, 3.8) is 0 Å². The van der Waals surface area contributed by atoms with E-state index in [2.05, 4.69) is 5.32 Å². The third-order valence-corrected chi connectivity index (χ3v) is 1.98. The van der Waals surface area contributed by atoms with Gasteiger partial charge in [-0.25, -0.2) is 4.39 Å². The number of hydrogen-bond donors (Lipinski definition) is 2. The van der Waals surface area contributed by atoms with Gasteiger partial charge in [0.2, 0.25) is 0 Å². The van der Waals surface area contributed by atoms with Crippen molar-refractivity contribution >= 4 is 17.6 Å². The zero-order valence-corrected chi connectivity index (χ0v) is 9.05. The first-order chi connectivity index (χ1) is 8.40. The standard InChI is InChI=1S/C10H9FN2O5/c11-7-3-6(4-8(5-7)13(17)18)10(16)12-2-1-9(14)15/h3-5H,1-2H2,(H,12,16)(H,14,15). The Hall–Kier alpha value is -2.51. The lowest BCUT2D eigenvalue weighted by atomic mass is 10.2. The molecule has 1 amide bonds. The Kier molecular flexibility index (Phi) is 4.30. The number of carboxylic acids is 1. The Morgan fingerprint density at radius 2 is 2.06 bits per heavy atom. The van der Waals surface area contributed by atoms with E-state index in [9.17, 15) is 24.1 Å². The van der Waals surface area contributed by atoms with Crippen LogP contribution < -0.4 is 5.32 Å². The van der Waals surface area contributed by atoms with E-state index in [-0.39, 0.29) is 18.5 Å². The smallest absolute Gasteiger partial charge is 0.305 e. The summed E-state index contributed by atoms with van der Waals surface area (Å²) in [6.45, 7) is -0.140. The van der Waals surface area contributed by atoms with Crippen LogP contribution in [0.4, 0.5) is 10.1 Å². The predicted octanol–water partition coefficient (Wildman–Crippen LogP) is 0.938. The molecule has 0 aromatic heterocycles. The van der Waals surface area contributed by atoms with Crippen LogP contribution in [0.25, 0.3) is 0 Å². The third-order valence-electron chi connectivity index (χ3n) is 1.98. The summed E-state index contributed by atoms with van der Waals surface area (Å²) >= 11 is 0. The van der Waals surface area contributed by atoms with Crippen molar-refractivity contribution in [2.24, 2.45) is 0 Å². The number of non-ortho nitro benzene ring substituents is 1. The van der Waals surface area contributed by atoms with E-state index in [4.69, 9.17) is 5.11 Å². The number of benzene rings is 1. The van der Waals surface area contributed by atoms with Gasteiger partial charge in [-0.2, -0.15) is 0 Å². The van der Waals surface area contributed by atoms with Crippen LogP contribution in [0.3, 0.4) is 0 Å². The molecule has 0 aliphatic carbocycles. The van der Waals surface area contributed by atoms with Crippen molar-refractivity contribution in [2.75, 3.05) is 6.54 Å². The van der Waals surface area contributed by atoms with Gasteiger partial charge in [-0.05, 0) is 6.07 Å². The lowest BCUT2D eigenvalue weighted by Gasteiger charge is -2.03. The second kappa shape index (κ2) is 5.71. The Morgan fingerprint density at radius 3 is 2.61 bits per heavy atom. The topological polar surface area (TPSA) is 110 Å². The molecule has 0 aliphatic heterocycles. The van der Waals surface area contributed by atoms with Crippen LogP contribution in [0, 0.1) is 15.9 Å². The van der Waals surface area contributed by atoms with Crippen molar-refractivity contribution in [1.82, 2.24) is 5.32 Å². The highest BCUT2D eigenvalue weighted by Gasteiger charge is 2.14. The molecule has 1 aromatic carbocycles. The number of carbonyl (C=O) groups is 2. The first kappa shape index (κ1) is 13.6. The number of halogens is 1. The van der Waals surface area contributed by atoms with E-state index in [0.717, 1.165) is 12.1 Å². The summed E-state index contributed by atoms with van der Waals surface area (Å²) in [5.41, 5.74) is -0.773. The first-order valence-electron chi connectivity index (χ1n) is 4.85. The average molecular weight is 256 g/mol. The zero-order valence-electron chi connectivity index (χ0n) is 9.05. The zero-order chi connectivity index (χ0) is 13.7. The number of amides is 1. The first-order valence-corrected chi connectivity index (χ1v) is 4.85. The highest BCUT2D eigenvalue weighted by molar-refractivity contribution is 5.95. The molecule has 0 atom stereocenters. The normalized spacial score (nSPS) is 9.83. The fraction of sp³-hybridized carbons (Fsp3) is 0.200. The molecule has 18 heavy (non-hydrogen) atoms. The summed E-state index contributed by atoms with van der Waals surface area (Å²) < 4.78 is 13.0. The minimum atomic E-state index is -1.10. The highest BCUT2D eigenvalue weighted by atomic mass is 19.1. The Balaban J connectivity index is 2.79. The van der Waals surface area contributed by atoms with Crippen LogP contribution in [-0.2, 0) is 4.79 Å². The van der Waals surface area contributed by atoms with Crippen molar-refractivity contribution in [3.8, 4) is 0 Å². The molecule has 1 rings (SSSR count). The maximum atomic E-state index is 13.0. The lowest BCUT2D eigenvalue weighted by molar-refractivity contribution is -0.385. The summed E-state index contributed by atoms with van der Waals surface area (Å²) in [7, 11) is 0. The van der Waals surface area contributed by atoms with Gasteiger partial charge in [-0.3, -0.25) is 19.7 Å². The fourth-order valence-corrected chi connectivity index (χ4v) is 1.20. The molecule has 0 saturated carbocycles. The highest BCUT2D eigenvalue weighted by Crippen LogP contribution is 2.16. The van der Waals surface area contributed by atoms with Gasteiger partial charge in [-0.15, -0.1) is 0 Å². The summed E-state index contributed by atoms with van der Waals surface area (Å²) in [5.74, 6) is -2.77. The van der Waals surface area contributed by atoms with Crippen molar-refractivity contribution in [3.05, 3.63) is 39.7 Å². The SMILES string of the molecule is O=C(O)CCNC(=O)c1cc(F)cc([N+](=O)[O-])c1. The summed E-state index contributed by atoms with van der Waals surface area (Å²) in [6, 6.07) is 2.44. The molecule has 0 spiro atoms. The molecule has 2 N–H and O–H groups in total. The molecule has 96 valence electrons. The van der Waals surface area contributed by atoms with Crippen LogP contribution in [0.2, 0.25) is 0 Å². The van der Waals surface area contributed by atoms with E-state index in [0.29, 0.717) is 6.07 Å². The molecule has 0 aliphatic rings. The monoisotopic (exact) mass is 256 g/mol. The van der Waals surface area contributed by atoms with E-state index in [1.807, 2.05) is 0 Å². The van der Waals surface area contributed by atoms with E-state index >= 15 is 0 Å². The molecular formula is C10H9FN2O5. The number of nitrogens with one attached hydrogen (secondary N) is 1. The minimum absolute atomic E-state index is 0.140. The molecule has 0 heterocycles. The maximum Gasteiger partial charge on any atom is 0.305 e. The maximum absolute atomic E-state index is 13.0. The molecular weight excluding hydrogens is 247 g/mol. The Bertz CT molecular complexity index is 503. The molecule has 0 bridgehead atoms. The van der Waals surface area contributed by atoms with E-state index in [1.165, 1.54) is 0 Å². The van der Waals surface area contributed by atoms with Gasteiger partial charge < -0.3 is 10.4 Å². The number of rotatable bonds is 5. The van der Waals surface area contributed by atoms with Crippen LogP contribution in [0.15, 0.2) is 18.2 Å². The largest absolute Gasteiger partial charge is 0.481 e. The van der Waals surface area contributed by atoms with Crippen LogP contribution in [0.5, 0.6) is 0 Å². The number of hydrogen-bond acceptors (Lipinski definition) is 4. The molecule has 1 aromatic rings. The minimum Gasteiger partial charge on any atom is -0.481 e. The number of carboxylic acid groups (broad SMARTS) is 1. The molecule has 0 unspecified atom stereocenters. The van der Waals surface area contributed by atoms with Gasteiger partial charge in [0.25, 0.3) is 11.6 Å². The number of nitrogens with zero attached hydrogens (tertiary/aromatic N) is 1. The predicted molar refractivity (Wildman–Crippen MR) is 57.6 cm³/mol. The van der Waals surface area contributed by atoms with E-state index < -0.39 is 28.3 Å². The van der Waals surface area contributed by atoms with Crippen LogP contribution in [0.1, 0.15) is 16.8 Å². The van der Waals surface area contributed by atoms with Crippen molar-refractivity contribution in [1.29, 1.82) is 0 Å². The average Bonchev–Trinajstić information content (AvgIpc) is 2.27. The van der Waals surface area contributed by atoms with Crippen molar-refractivity contribution in [2.45, 2.75) is 6.42 Å². The fourth-order valence-electron chi connectivity index (χ4n) is 1.20. The second-order valence-corrected chi connectivity index (χ2v) is 3.35. The number of carbonyl (C=O) groups excluding carboxylic acids is 1. The molecule has 0 radical (unpaired) electrons. The number of nitro benzene ring substituents is 1. The van der Waals surface area contributed by atoms with Gasteiger partial charge in [0.05, 0.1) is 17.4 Å². The quantitative estimate of drug-likeness (QED) is 0.601. The third kappa shape index (κ3) is 3.81. The Morgan fingerprint density at radius 1 is 1.39 bits per heavy atom. The molecule has 0 saturated heterocycles. The molecule has 0 fully saturated rings. The summed E-state index contributed by atoms with van der Waals surface area (Å²) in [5, 5.41) is 21.0. The van der Waals surface area contributed by atoms with Gasteiger partial charge >= 0.3 is 5.97 Å². The van der Waals surface area contributed by atoms with Gasteiger partial charge in [0.1, 0.15) is 5.82 Å². The van der Waals surface area contributed by atoms with Crippen LogP contribution in [-0.4, -0.2) is 28.5 Å². The summed E-state index contributed by atoms with van der Waals surface area (Å²) in [4.78, 5) is 31.3. The number of nitro groups is 1. The lowest BCUT2D eigenvalue weighted by Crippen LogP contribution is -2.26. The van der Waals surface area contributed by atoms with Gasteiger partial charge in [-0.1, -0.05) is 0 Å². The Labute approximate surface area is 100 Å². The number of aliphatic carboxylic acids is 1. The summed E-state index contributed by atoms with van der Waals surface area (Å²) in [6.07, 6.45) is -0.289. The van der Waals surface area contributed by atoms with Crippen molar-refractivity contribution < 1.29 is 24.0 Å².